The third kappa shape index (κ3) is 3.41. The monoisotopic (exact) mass is 460 g/mol. The van der Waals surface area contributed by atoms with Crippen LogP contribution in [0, 0.1) is 0 Å². The lowest BCUT2D eigenvalue weighted by atomic mass is 9.87. The topological polar surface area (TPSA) is 105 Å². The van der Waals surface area contributed by atoms with Crippen molar-refractivity contribution < 1.29 is 14.7 Å². The Bertz CT molecular complexity index is 1540. The van der Waals surface area contributed by atoms with E-state index in [0.29, 0.717) is 22.0 Å². The van der Waals surface area contributed by atoms with Crippen molar-refractivity contribution in [3.05, 3.63) is 74.5 Å². The summed E-state index contributed by atoms with van der Waals surface area (Å²) in [5.74, 6) is -1.22. The van der Waals surface area contributed by atoms with Gasteiger partial charge >= 0.3 is 5.97 Å². The first kappa shape index (κ1) is 21.0. The lowest BCUT2D eigenvalue weighted by Crippen LogP contribution is -2.35. The number of carbonyl (C=O) groups is 2. The van der Waals surface area contributed by atoms with Crippen LogP contribution < -0.4 is 15.0 Å². The number of anilines is 1. The molecular weight excluding hydrogens is 440 g/mol. The van der Waals surface area contributed by atoms with Crippen molar-refractivity contribution >= 4 is 39.4 Å². The fourth-order valence-corrected chi connectivity index (χ4v) is 4.92. The summed E-state index contributed by atoms with van der Waals surface area (Å²) >= 11 is 1.08. The van der Waals surface area contributed by atoms with E-state index in [1.165, 1.54) is 15.0 Å². The number of carbonyl (C=O) groups excluding carboxylic acids is 1. The Morgan fingerprint density at radius 1 is 1.06 bits per heavy atom. The van der Waals surface area contributed by atoms with Crippen LogP contribution in [0.2, 0.25) is 0 Å². The first-order valence-corrected chi connectivity index (χ1v) is 11.1. The zero-order chi connectivity index (χ0) is 23.5. The van der Waals surface area contributed by atoms with Crippen molar-refractivity contribution in [2.24, 2.45) is 0 Å². The number of aromatic nitrogens is 3. The molecule has 1 amide bonds. The molecule has 33 heavy (non-hydrogen) atoms. The fraction of sp³-hybridized carbons (Fsp3) is 0.208. The molecule has 2 aromatic heterocycles. The maximum atomic E-state index is 13.2. The first-order valence-electron chi connectivity index (χ1n) is 10.3. The zero-order valence-corrected chi connectivity index (χ0v) is 19.0. The maximum Gasteiger partial charge on any atom is 0.323 e. The van der Waals surface area contributed by atoms with Gasteiger partial charge in [0, 0.05) is 11.1 Å². The van der Waals surface area contributed by atoms with Crippen LogP contribution in [-0.2, 0) is 15.0 Å². The van der Waals surface area contributed by atoms with Crippen LogP contribution in [0.1, 0.15) is 31.9 Å². The summed E-state index contributed by atoms with van der Waals surface area (Å²) in [6.45, 7) is 5.92. The highest BCUT2D eigenvalue weighted by atomic mass is 32.1. The third-order valence-electron chi connectivity index (χ3n) is 5.61. The van der Waals surface area contributed by atoms with Gasteiger partial charge in [-0.25, -0.2) is 0 Å². The van der Waals surface area contributed by atoms with E-state index in [1.54, 1.807) is 24.3 Å². The Hall–Kier alpha value is -3.85. The molecule has 0 atom stereocenters. The van der Waals surface area contributed by atoms with Crippen LogP contribution in [0.5, 0.6) is 0 Å². The van der Waals surface area contributed by atoms with Gasteiger partial charge in [-0.05, 0) is 17.0 Å². The predicted octanol–water partition coefficient (Wildman–Crippen LogP) is 2.46. The summed E-state index contributed by atoms with van der Waals surface area (Å²) in [5.41, 5.74) is 2.73. The average Bonchev–Trinajstić information content (AvgIpc) is 3.39. The summed E-state index contributed by atoms with van der Waals surface area (Å²) in [4.78, 5) is 43.6. The van der Waals surface area contributed by atoms with Gasteiger partial charge < -0.3 is 5.11 Å². The molecular formula is C24H20N4O4S. The van der Waals surface area contributed by atoms with E-state index < -0.39 is 24.0 Å². The van der Waals surface area contributed by atoms with Crippen molar-refractivity contribution in [2.45, 2.75) is 26.2 Å². The van der Waals surface area contributed by atoms with Crippen molar-refractivity contribution in [3.8, 4) is 11.4 Å². The van der Waals surface area contributed by atoms with Gasteiger partial charge in [-0.2, -0.15) is 9.50 Å². The Labute approximate surface area is 192 Å². The number of carboxylic acids is 1. The highest BCUT2D eigenvalue weighted by molar-refractivity contribution is 7.15. The lowest BCUT2D eigenvalue weighted by Gasteiger charge is -2.18. The van der Waals surface area contributed by atoms with E-state index in [-0.39, 0.29) is 15.5 Å². The molecule has 8 nitrogen and oxygen atoms in total. The van der Waals surface area contributed by atoms with Crippen molar-refractivity contribution in [1.82, 2.24) is 14.6 Å². The molecule has 0 saturated heterocycles. The minimum atomic E-state index is -1.13. The van der Waals surface area contributed by atoms with Crippen molar-refractivity contribution in [1.29, 1.82) is 0 Å². The molecule has 166 valence electrons. The molecule has 4 aromatic rings. The second-order valence-electron chi connectivity index (χ2n) is 8.87. The van der Waals surface area contributed by atoms with E-state index in [0.717, 1.165) is 16.9 Å². The van der Waals surface area contributed by atoms with Crippen LogP contribution in [0.25, 0.3) is 21.9 Å². The molecule has 0 aliphatic carbocycles. The van der Waals surface area contributed by atoms with Crippen molar-refractivity contribution in [3.63, 3.8) is 0 Å². The average molecular weight is 461 g/mol. The first-order chi connectivity index (χ1) is 15.6. The van der Waals surface area contributed by atoms with Gasteiger partial charge in [-0.1, -0.05) is 74.6 Å². The molecule has 0 fully saturated rings. The van der Waals surface area contributed by atoms with Gasteiger partial charge in [0.05, 0.1) is 11.3 Å². The Balaban J connectivity index is 1.63. The number of aliphatic carboxylic acids is 1. The molecule has 1 N–H and O–H groups in total. The van der Waals surface area contributed by atoms with Gasteiger partial charge in [0.15, 0.2) is 5.82 Å². The predicted molar refractivity (Wildman–Crippen MR) is 125 cm³/mol. The highest BCUT2D eigenvalue weighted by Gasteiger charge is 2.35. The molecule has 0 radical (unpaired) electrons. The fourth-order valence-electron chi connectivity index (χ4n) is 3.92. The lowest BCUT2D eigenvalue weighted by molar-refractivity contribution is -0.136. The standard InChI is InChI=1S/C24H20N4O4S/c1-24(2,3)14-10-8-13(9-11-14)20-25-23-28(26-20)22(32)19(33-23)18-15-6-4-5-7-16(15)27(21(18)31)12-17(29)30/h4-11H,12H2,1-3H3,(H,29,30). The van der Waals surface area contributed by atoms with E-state index in [9.17, 15) is 19.5 Å². The number of thiazole rings is 1. The normalized spacial score (nSPS) is 15.4. The van der Waals surface area contributed by atoms with Crippen LogP contribution in [0.4, 0.5) is 5.69 Å². The number of para-hydroxylation sites is 1. The summed E-state index contributed by atoms with van der Waals surface area (Å²) in [6.07, 6.45) is 0. The number of amides is 1. The number of benzene rings is 2. The van der Waals surface area contributed by atoms with Gasteiger partial charge in [0.2, 0.25) is 4.96 Å². The number of carboxylic acid groups (broad SMARTS) is 1. The Morgan fingerprint density at radius 2 is 1.76 bits per heavy atom. The summed E-state index contributed by atoms with van der Waals surface area (Å²) < 4.78 is 1.40. The van der Waals surface area contributed by atoms with E-state index in [2.05, 4.69) is 30.9 Å². The number of hydrogen-bond donors (Lipinski definition) is 1. The molecule has 1 aliphatic heterocycles. The molecule has 2 aromatic carbocycles. The quantitative estimate of drug-likeness (QED) is 0.504. The minimum Gasteiger partial charge on any atom is -0.480 e. The van der Waals surface area contributed by atoms with E-state index in [1.807, 2.05) is 24.3 Å². The van der Waals surface area contributed by atoms with Crippen LogP contribution >= 0.6 is 11.3 Å². The summed E-state index contributed by atoms with van der Waals surface area (Å²) in [5, 5.41) is 13.6. The second kappa shape index (κ2) is 7.35. The largest absolute Gasteiger partial charge is 0.480 e. The maximum absolute atomic E-state index is 13.2. The molecule has 0 unspecified atom stereocenters. The van der Waals surface area contributed by atoms with E-state index in [4.69, 9.17) is 0 Å². The number of hydrogen-bond acceptors (Lipinski definition) is 6. The molecule has 1 aliphatic rings. The van der Waals surface area contributed by atoms with Gasteiger partial charge in [-0.3, -0.25) is 19.3 Å². The van der Waals surface area contributed by atoms with Gasteiger partial charge in [0.1, 0.15) is 11.1 Å². The second-order valence-corrected chi connectivity index (χ2v) is 9.85. The number of nitrogens with zero attached hydrogens (tertiary/aromatic N) is 4. The molecule has 5 rings (SSSR count). The zero-order valence-electron chi connectivity index (χ0n) is 18.2. The van der Waals surface area contributed by atoms with Crippen LogP contribution in [0.3, 0.4) is 0 Å². The van der Waals surface area contributed by atoms with Gasteiger partial charge in [-0.15, -0.1) is 5.10 Å². The smallest absolute Gasteiger partial charge is 0.323 e. The molecule has 0 bridgehead atoms. The van der Waals surface area contributed by atoms with E-state index >= 15 is 0 Å². The van der Waals surface area contributed by atoms with Crippen LogP contribution in [-0.4, -0.2) is 38.1 Å². The molecule has 3 heterocycles. The third-order valence-corrected chi connectivity index (χ3v) is 6.64. The van der Waals surface area contributed by atoms with Crippen LogP contribution in [0.15, 0.2) is 53.3 Å². The van der Waals surface area contributed by atoms with Crippen molar-refractivity contribution in [2.75, 3.05) is 11.4 Å². The molecule has 0 saturated carbocycles. The molecule has 0 spiro atoms. The SMILES string of the molecule is CC(C)(C)c1ccc(-c2nc3sc(=C4C(=O)N(CC(=O)O)c5ccccc54)c(=O)n3n2)cc1. The van der Waals surface area contributed by atoms with Gasteiger partial charge in [0.25, 0.3) is 11.5 Å². The highest BCUT2D eigenvalue weighted by Crippen LogP contribution is 2.35. The summed E-state index contributed by atoms with van der Waals surface area (Å²) in [6, 6.07) is 14.8. The minimum absolute atomic E-state index is 0.0213. The Kier molecular flexibility index (Phi) is 4.68. The molecule has 9 heteroatoms. The number of fused-ring (bicyclic) bond motifs is 2. The summed E-state index contributed by atoms with van der Waals surface area (Å²) in [7, 11) is 0. The Morgan fingerprint density at radius 3 is 2.39 bits per heavy atom. The number of rotatable bonds is 3.